The molecule has 0 aromatic carbocycles. The monoisotopic (exact) mass is 417 g/mol. The highest BCUT2D eigenvalue weighted by Gasteiger charge is 2.19. The summed E-state index contributed by atoms with van der Waals surface area (Å²) in [5.41, 5.74) is 0.0592. The number of nitrogens with zero attached hydrogens (tertiary/aromatic N) is 7. The highest BCUT2D eigenvalue weighted by molar-refractivity contribution is 5.52. The van der Waals surface area contributed by atoms with E-state index in [4.69, 9.17) is 4.74 Å². The maximum Gasteiger partial charge on any atom is 0.235 e. The Morgan fingerprint density at radius 3 is 2.57 bits per heavy atom. The Morgan fingerprint density at radius 2 is 1.87 bits per heavy atom. The van der Waals surface area contributed by atoms with Crippen LogP contribution >= 0.6 is 0 Å². The van der Waals surface area contributed by atoms with Crippen LogP contribution in [0.15, 0.2) is 24.8 Å². The summed E-state index contributed by atoms with van der Waals surface area (Å²) < 4.78 is 34.4. The number of morpholine rings is 1. The molecule has 3 aromatic rings. The Morgan fingerprint density at radius 1 is 1.10 bits per heavy atom. The third-order valence-corrected chi connectivity index (χ3v) is 4.45. The van der Waals surface area contributed by atoms with Crippen LogP contribution in [0, 0.1) is 11.6 Å². The van der Waals surface area contributed by atoms with Gasteiger partial charge in [-0.05, 0) is 6.92 Å². The first kappa shape index (κ1) is 19.9. The molecule has 0 unspecified atom stereocenters. The molecule has 1 atom stereocenters. The van der Waals surface area contributed by atoms with Gasteiger partial charge >= 0.3 is 0 Å². The first-order valence-electron chi connectivity index (χ1n) is 9.39. The Balaban J connectivity index is 1.62. The van der Waals surface area contributed by atoms with Crippen molar-refractivity contribution in [2.75, 3.05) is 41.8 Å². The highest BCUT2D eigenvalue weighted by atomic mass is 19.1. The molecule has 0 bridgehead atoms. The van der Waals surface area contributed by atoms with E-state index in [1.54, 1.807) is 24.0 Å². The lowest BCUT2D eigenvalue weighted by Gasteiger charge is -2.27. The Bertz CT molecular complexity index is 1020. The zero-order chi connectivity index (χ0) is 21.1. The SMILES string of the molecule is C[C@H](Nc1nc(Nc2cn(C)cn2)nc(N2CCOCC2)n1)c1ncc(F)cc1F. The van der Waals surface area contributed by atoms with Crippen LogP contribution in [0.1, 0.15) is 18.7 Å². The minimum atomic E-state index is -0.746. The first-order chi connectivity index (χ1) is 14.5. The summed E-state index contributed by atoms with van der Waals surface area (Å²) >= 11 is 0. The molecule has 1 saturated heterocycles. The lowest BCUT2D eigenvalue weighted by atomic mass is 10.2. The van der Waals surface area contributed by atoms with Crippen molar-refractivity contribution in [1.29, 1.82) is 0 Å². The van der Waals surface area contributed by atoms with E-state index in [1.165, 1.54) is 0 Å². The summed E-state index contributed by atoms with van der Waals surface area (Å²) in [6, 6.07) is 0.189. The van der Waals surface area contributed by atoms with Crippen molar-refractivity contribution in [3.05, 3.63) is 42.1 Å². The number of imidazole rings is 1. The Kier molecular flexibility index (Phi) is 5.65. The van der Waals surface area contributed by atoms with Crippen molar-refractivity contribution in [3.63, 3.8) is 0 Å². The Hall–Kier alpha value is -3.41. The fourth-order valence-electron chi connectivity index (χ4n) is 2.99. The Labute approximate surface area is 171 Å². The van der Waals surface area contributed by atoms with E-state index in [1.807, 2.05) is 11.9 Å². The van der Waals surface area contributed by atoms with Gasteiger partial charge in [0.05, 0.1) is 37.5 Å². The van der Waals surface area contributed by atoms with Crippen LogP contribution in [0.3, 0.4) is 0 Å². The van der Waals surface area contributed by atoms with Gasteiger partial charge in [0.25, 0.3) is 0 Å². The number of halogens is 2. The van der Waals surface area contributed by atoms with Crippen LogP contribution in [0.25, 0.3) is 0 Å². The zero-order valence-electron chi connectivity index (χ0n) is 16.5. The fourth-order valence-corrected chi connectivity index (χ4v) is 2.99. The van der Waals surface area contributed by atoms with Gasteiger partial charge in [-0.3, -0.25) is 4.98 Å². The number of nitrogens with one attached hydrogen (secondary N) is 2. The molecule has 12 heteroatoms. The van der Waals surface area contributed by atoms with Crippen molar-refractivity contribution in [2.24, 2.45) is 7.05 Å². The molecule has 4 rings (SSSR count). The highest BCUT2D eigenvalue weighted by Crippen LogP contribution is 2.22. The number of pyridine rings is 1. The maximum absolute atomic E-state index is 14.1. The smallest absolute Gasteiger partial charge is 0.235 e. The van der Waals surface area contributed by atoms with E-state index in [-0.39, 0.29) is 17.6 Å². The summed E-state index contributed by atoms with van der Waals surface area (Å²) in [5, 5.41) is 6.06. The van der Waals surface area contributed by atoms with Crippen LogP contribution < -0.4 is 15.5 Å². The summed E-state index contributed by atoms with van der Waals surface area (Å²) in [6.45, 7) is 4.09. The summed E-state index contributed by atoms with van der Waals surface area (Å²) in [6.07, 6.45) is 4.40. The van der Waals surface area contributed by atoms with Crippen LogP contribution in [0.5, 0.6) is 0 Å². The molecule has 0 radical (unpaired) electrons. The number of rotatable bonds is 6. The standard InChI is InChI=1S/C18H21F2N9O/c1-11(15-13(20)7-12(19)8-21-15)23-16-25-17(24-14-9-28(2)10-22-14)27-18(26-16)29-3-5-30-6-4-29/h7-11H,3-6H2,1-2H3,(H2,23,24,25,26,27)/t11-/m0/s1. The number of aromatic nitrogens is 6. The third kappa shape index (κ3) is 4.59. The molecule has 10 nitrogen and oxygen atoms in total. The average molecular weight is 417 g/mol. The normalized spacial score (nSPS) is 15.1. The number of hydrogen-bond acceptors (Lipinski definition) is 9. The second-order valence-corrected chi connectivity index (χ2v) is 6.82. The summed E-state index contributed by atoms with van der Waals surface area (Å²) in [4.78, 5) is 23.3. The lowest BCUT2D eigenvalue weighted by molar-refractivity contribution is 0.122. The van der Waals surface area contributed by atoms with Crippen LogP contribution in [0.4, 0.5) is 32.4 Å². The van der Waals surface area contributed by atoms with Gasteiger partial charge in [0, 0.05) is 32.4 Å². The second kappa shape index (κ2) is 8.53. The third-order valence-electron chi connectivity index (χ3n) is 4.45. The van der Waals surface area contributed by atoms with Crippen LogP contribution in [0.2, 0.25) is 0 Å². The van der Waals surface area contributed by atoms with Crippen molar-refractivity contribution in [1.82, 2.24) is 29.5 Å². The molecule has 3 aromatic heterocycles. The van der Waals surface area contributed by atoms with E-state index in [9.17, 15) is 8.78 Å². The van der Waals surface area contributed by atoms with E-state index in [0.29, 0.717) is 38.1 Å². The number of hydrogen-bond donors (Lipinski definition) is 2. The van der Waals surface area contributed by atoms with Gasteiger partial charge in [-0.15, -0.1) is 0 Å². The van der Waals surface area contributed by atoms with Gasteiger partial charge in [0.1, 0.15) is 11.6 Å². The molecule has 30 heavy (non-hydrogen) atoms. The summed E-state index contributed by atoms with van der Waals surface area (Å²) in [7, 11) is 1.85. The molecule has 1 aliphatic heterocycles. The van der Waals surface area contributed by atoms with E-state index in [2.05, 4.69) is 35.6 Å². The van der Waals surface area contributed by atoms with E-state index < -0.39 is 17.7 Å². The van der Waals surface area contributed by atoms with Crippen LogP contribution in [-0.4, -0.2) is 55.8 Å². The molecule has 0 spiro atoms. The van der Waals surface area contributed by atoms with Crippen molar-refractivity contribution < 1.29 is 13.5 Å². The quantitative estimate of drug-likeness (QED) is 0.623. The molecule has 4 heterocycles. The van der Waals surface area contributed by atoms with Gasteiger partial charge in [-0.25, -0.2) is 13.8 Å². The number of anilines is 4. The summed E-state index contributed by atoms with van der Waals surface area (Å²) in [5.74, 6) is 0.0515. The minimum Gasteiger partial charge on any atom is -0.378 e. The maximum atomic E-state index is 14.1. The number of ether oxygens (including phenoxy) is 1. The largest absolute Gasteiger partial charge is 0.378 e. The molecular formula is C18H21F2N9O. The van der Waals surface area contributed by atoms with E-state index in [0.717, 1.165) is 12.3 Å². The average Bonchev–Trinajstić information content (AvgIpc) is 3.13. The molecular weight excluding hydrogens is 396 g/mol. The topological polar surface area (TPSA) is 106 Å². The molecule has 2 N–H and O–H groups in total. The van der Waals surface area contributed by atoms with E-state index >= 15 is 0 Å². The van der Waals surface area contributed by atoms with Gasteiger partial charge in [0.2, 0.25) is 17.8 Å². The van der Waals surface area contributed by atoms with Crippen molar-refractivity contribution in [3.8, 4) is 0 Å². The fraction of sp³-hybridized carbons (Fsp3) is 0.389. The van der Waals surface area contributed by atoms with Gasteiger partial charge < -0.3 is 24.8 Å². The minimum absolute atomic E-state index is 0.0592. The zero-order valence-corrected chi connectivity index (χ0v) is 16.5. The van der Waals surface area contributed by atoms with Gasteiger partial charge in [-0.2, -0.15) is 15.0 Å². The molecule has 1 fully saturated rings. The van der Waals surface area contributed by atoms with Crippen LogP contribution in [-0.2, 0) is 11.8 Å². The van der Waals surface area contributed by atoms with Gasteiger partial charge in [0.15, 0.2) is 5.82 Å². The first-order valence-corrected chi connectivity index (χ1v) is 9.39. The van der Waals surface area contributed by atoms with Crippen molar-refractivity contribution in [2.45, 2.75) is 13.0 Å². The molecule has 158 valence electrons. The predicted octanol–water partition coefficient (Wildman–Crippen LogP) is 2.03. The van der Waals surface area contributed by atoms with Gasteiger partial charge in [-0.1, -0.05) is 0 Å². The molecule has 0 amide bonds. The second-order valence-electron chi connectivity index (χ2n) is 6.82. The molecule has 1 aliphatic rings. The molecule has 0 aliphatic carbocycles. The number of aryl methyl sites for hydroxylation is 1. The lowest BCUT2D eigenvalue weighted by Crippen LogP contribution is -2.37. The molecule has 0 saturated carbocycles. The van der Waals surface area contributed by atoms with Crippen molar-refractivity contribution >= 4 is 23.7 Å². The predicted molar refractivity (Wildman–Crippen MR) is 106 cm³/mol.